The molecule has 1 aliphatic rings. The third-order valence-corrected chi connectivity index (χ3v) is 3.93. The molecule has 1 aromatic carbocycles. The number of ether oxygens (including phenoxy) is 2. The van der Waals surface area contributed by atoms with Crippen LogP contribution in [0.4, 0.5) is 0 Å². The fraction of sp³-hybridized carbons (Fsp3) is 0.562. The molecule has 21 heavy (non-hydrogen) atoms. The summed E-state index contributed by atoms with van der Waals surface area (Å²) in [5, 5.41) is 0. The monoisotopic (exact) mass is 289 g/mol. The summed E-state index contributed by atoms with van der Waals surface area (Å²) >= 11 is 0. The second-order valence-corrected chi connectivity index (χ2v) is 5.71. The summed E-state index contributed by atoms with van der Waals surface area (Å²) in [5.41, 5.74) is 3.41. The number of benzene rings is 1. The number of methoxy groups -OCH3 is 1. The van der Waals surface area contributed by atoms with Crippen molar-refractivity contribution in [2.24, 2.45) is 0 Å². The maximum absolute atomic E-state index is 5.77. The van der Waals surface area contributed by atoms with Gasteiger partial charge >= 0.3 is 0 Å². The highest BCUT2D eigenvalue weighted by Gasteiger charge is 2.21. The Morgan fingerprint density at radius 2 is 2.38 bits per heavy atom. The van der Waals surface area contributed by atoms with Crippen LogP contribution in [0.3, 0.4) is 0 Å². The molecule has 1 saturated heterocycles. The summed E-state index contributed by atoms with van der Waals surface area (Å²) in [6.07, 6.45) is 1.22. The van der Waals surface area contributed by atoms with Crippen LogP contribution in [-0.4, -0.2) is 54.4 Å². The smallest absolute Gasteiger partial charge is 0.121 e. The Balaban J connectivity index is 1.64. The quantitative estimate of drug-likeness (QED) is 0.916. The molecule has 0 spiro atoms. The van der Waals surface area contributed by atoms with Gasteiger partial charge in [-0.25, -0.2) is 4.98 Å². The van der Waals surface area contributed by atoms with E-state index in [-0.39, 0.29) is 6.10 Å². The zero-order chi connectivity index (χ0) is 14.7. The number of hydrogen-bond acceptors (Lipinski definition) is 4. The van der Waals surface area contributed by atoms with E-state index in [0.717, 1.165) is 56.1 Å². The molecule has 2 aromatic rings. The van der Waals surface area contributed by atoms with Crippen LogP contribution in [0.15, 0.2) is 18.2 Å². The fourth-order valence-corrected chi connectivity index (χ4v) is 2.81. The average molecular weight is 289 g/mol. The van der Waals surface area contributed by atoms with Crippen LogP contribution in [0.25, 0.3) is 11.0 Å². The second-order valence-electron chi connectivity index (χ2n) is 5.71. The lowest BCUT2D eigenvalue weighted by Crippen LogP contribution is -2.42. The number of morpholine rings is 1. The fourth-order valence-electron chi connectivity index (χ4n) is 2.81. The van der Waals surface area contributed by atoms with Crippen LogP contribution in [0.2, 0.25) is 0 Å². The number of imidazole rings is 1. The van der Waals surface area contributed by atoms with Gasteiger partial charge in [-0.15, -0.1) is 0 Å². The van der Waals surface area contributed by atoms with Gasteiger partial charge in [-0.05, 0) is 31.0 Å². The normalized spacial score (nSPS) is 20.2. The molecule has 5 nitrogen and oxygen atoms in total. The van der Waals surface area contributed by atoms with Gasteiger partial charge in [-0.2, -0.15) is 0 Å². The SMILES string of the molecule is COCC[C@H]1CN(Cc2nc3ccc(C)cc3[nH]2)CCO1. The lowest BCUT2D eigenvalue weighted by molar-refractivity contribution is -0.0438. The predicted molar refractivity (Wildman–Crippen MR) is 82.3 cm³/mol. The van der Waals surface area contributed by atoms with E-state index in [1.54, 1.807) is 7.11 Å². The van der Waals surface area contributed by atoms with Crippen LogP contribution >= 0.6 is 0 Å². The lowest BCUT2D eigenvalue weighted by atomic mass is 10.2. The lowest BCUT2D eigenvalue weighted by Gasteiger charge is -2.32. The van der Waals surface area contributed by atoms with Crippen molar-refractivity contribution in [1.29, 1.82) is 0 Å². The number of aryl methyl sites for hydroxylation is 1. The zero-order valence-corrected chi connectivity index (χ0v) is 12.8. The van der Waals surface area contributed by atoms with E-state index in [4.69, 9.17) is 9.47 Å². The van der Waals surface area contributed by atoms with E-state index in [9.17, 15) is 0 Å². The summed E-state index contributed by atoms with van der Waals surface area (Å²) in [6, 6.07) is 6.32. The van der Waals surface area contributed by atoms with E-state index < -0.39 is 0 Å². The minimum Gasteiger partial charge on any atom is -0.385 e. The molecule has 0 unspecified atom stereocenters. The molecule has 2 heterocycles. The number of hydrogen-bond donors (Lipinski definition) is 1. The van der Waals surface area contributed by atoms with Crippen molar-refractivity contribution < 1.29 is 9.47 Å². The first-order valence-corrected chi connectivity index (χ1v) is 7.53. The highest BCUT2D eigenvalue weighted by Crippen LogP contribution is 2.16. The van der Waals surface area contributed by atoms with E-state index in [2.05, 4.69) is 40.0 Å². The topological polar surface area (TPSA) is 50.4 Å². The third-order valence-electron chi connectivity index (χ3n) is 3.93. The maximum Gasteiger partial charge on any atom is 0.121 e. The van der Waals surface area contributed by atoms with Crippen LogP contribution in [-0.2, 0) is 16.0 Å². The molecule has 1 fully saturated rings. The predicted octanol–water partition coefficient (Wildman–Crippen LogP) is 2.11. The Bertz CT molecular complexity index is 596. The minimum atomic E-state index is 0.269. The van der Waals surface area contributed by atoms with E-state index >= 15 is 0 Å². The van der Waals surface area contributed by atoms with E-state index in [0.29, 0.717) is 0 Å². The molecule has 0 saturated carbocycles. The number of rotatable bonds is 5. The van der Waals surface area contributed by atoms with Gasteiger partial charge in [0.2, 0.25) is 0 Å². The largest absolute Gasteiger partial charge is 0.385 e. The highest BCUT2D eigenvalue weighted by atomic mass is 16.5. The number of H-pyrrole nitrogens is 1. The molecular formula is C16H23N3O2. The van der Waals surface area contributed by atoms with Crippen molar-refractivity contribution in [2.45, 2.75) is 26.0 Å². The standard InChI is InChI=1S/C16H23N3O2/c1-12-3-4-14-15(9-12)18-16(17-14)11-19-6-8-21-13(10-19)5-7-20-2/h3-4,9,13H,5-8,10-11H2,1-2H3,(H,17,18)/t13-/m0/s1. The van der Waals surface area contributed by atoms with Crippen molar-refractivity contribution in [2.75, 3.05) is 33.4 Å². The summed E-state index contributed by atoms with van der Waals surface area (Å²) in [5.74, 6) is 1.03. The Kier molecular flexibility index (Phi) is 4.53. The highest BCUT2D eigenvalue weighted by molar-refractivity contribution is 5.75. The molecule has 1 atom stereocenters. The Morgan fingerprint density at radius 1 is 1.48 bits per heavy atom. The van der Waals surface area contributed by atoms with Gasteiger partial charge in [0.15, 0.2) is 0 Å². The number of fused-ring (bicyclic) bond motifs is 1. The number of aromatic nitrogens is 2. The van der Waals surface area contributed by atoms with Crippen molar-refractivity contribution >= 4 is 11.0 Å². The second kappa shape index (κ2) is 6.56. The zero-order valence-electron chi connectivity index (χ0n) is 12.8. The molecule has 0 bridgehead atoms. The van der Waals surface area contributed by atoms with Crippen molar-refractivity contribution in [3.05, 3.63) is 29.6 Å². The van der Waals surface area contributed by atoms with Crippen LogP contribution in [0.1, 0.15) is 17.8 Å². The Morgan fingerprint density at radius 3 is 3.24 bits per heavy atom. The first-order chi connectivity index (χ1) is 10.2. The number of nitrogens with one attached hydrogen (secondary N) is 1. The Labute approximate surface area is 125 Å². The van der Waals surface area contributed by atoms with Crippen molar-refractivity contribution in [3.8, 4) is 0 Å². The molecule has 1 aliphatic heterocycles. The number of nitrogens with zero attached hydrogens (tertiary/aromatic N) is 2. The van der Waals surface area contributed by atoms with Gasteiger partial charge in [-0.3, -0.25) is 4.90 Å². The summed E-state index contributed by atoms with van der Waals surface area (Å²) in [6.45, 7) is 6.39. The molecule has 3 rings (SSSR count). The molecular weight excluding hydrogens is 266 g/mol. The van der Waals surface area contributed by atoms with Crippen LogP contribution in [0, 0.1) is 6.92 Å². The molecule has 114 valence electrons. The molecule has 5 heteroatoms. The van der Waals surface area contributed by atoms with Gasteiger partial charge in [0.05, 0.1) is 30.3 Å². The van der Waals surface area contributed by atoms with E-state index in [1.165, 1.54) is 5.56 Å². The molecule has 0 amide bonds. The first kappa shape index (κ1) is 14.5. The third kappa shape index (κ3) is 3.61. The molecule has 1 aromatic heterocycles. The van der Waals surface area contributed by atoms with Gasteiger partial charge in [0.25, 0.3) is 0 Å². The van der Waals surface area contributed by atoms with Crippen molar-refractivity contribution in [3.63, 3.8) is 0 Å². The molecule has 1 N–H and O–H groups in total. The van der Waals surface area contributed by atoms with Gasteiger partial charge in [0.1, 0.15) is 5.82 Å². The van der Waals surface area contributed by atoms with Crippen LogP contribution < -0.4 is 0 Å². The summed E-state index contributed by atoms with van der Waals surface area (Å²) in [4.78, 5) is 10.5. The molecule has 0 aliphatic carbocycles. The van der Waals surface area contributed by atoms with Crippen molar-refractivity contribution in [1.82, 2.24) is 14.9 Å². The van der Waals surface area contributed by atoms with Crippen LogP contribution in [0.5, 0.6) is 0 Å². The Hall–Kier alpha value is -1.43. The van der Waals surface area contributed by atoms with Gasteiger partial charge in [-0.1, -0.05) is 6.07 Å². The van der Waals surface area contributed by atoms with Gasteiger partial charge in [0, 0.05) is 26.8 Å². The number of aromatic amines is 1. The maximum atomic E-state index is 5.77. The summed E-state index contributed by atoms with van der Waals surface area (Å²) in [7, 11) is 1.73. The average Bonchev–Trinajstić information content (AvgIpc) is 2.86. The summed E-state index contributed by atoms with van der Waals surface area (Å²) < 4.78 is 10.9. The molecule has 0 radical (unpaired) electrons. The van der Waals surface area contributed by atoms with Gasteiger partial charge < -0.3 is 14.5 Å². The minimum absolute atomic E-state index is 0.269. The van der Waals surface area contributed by atoms with E-state index in [1.807, 2.05) is 0 Å². The first-order valence-electron chi connectivity index (χ1n) is 7.53.